The standard InChI is InChI=1S/C23H21N3O4S/c1-14(13-15-9-5-4-6-10-15)26-20(16-11-7-8-12-17(16)29-2)24-21-18(22(26)27)19(25-31-21)23(28)30-3/h4-12,14H,13H2,1-3H3. The number of methoxy groups -OCH3 is 2. The Bertz CT molecular complexity index is 1300. The lowest BCUT2D eigenvalue weighted by molar-refractivity contribution is 0.0597. The van der Waals surface area contributed by atoms with E-state index in [0.717, 1.165) is 17.1 Å². The Morgan fingerprint density at radius 2 is 1.81 bits per heavy atom. The van der Waals surface area contributed by atoms with Crippen molar-refractivity contribution < 1.29 is 14.3 Å². The third-order valence-electron chi connectivity index (χ3n) is 5.08. The molecule has 158 valence electrons. The van der Waals surface area contributed by atoms with E-state index < -0.39 is 5.97 Å². The van der Waals surface area contributed by atoms with Gasteiger partial charge in [-0.05, 0) is 42.6 Å². The molecule has 4 aromatic rings. The molecular weight excluding hydrogens is 414 g/mol. The molecule has 1 unspecified atom stereocenters. The molecule has 0 spiro atoms. The van der Waals surface area contributed by atoms with Crippen LogP contribution in [0.4, 0.5) is 0 Å². The Hall–Kier alpha value is -3.52. The first-order valence-corrected chi connectivity index (χ1v) is 10.5. The van der Waals surface area contributed by atoms with Gasteiger partial charge >= 0.3 is 5.97 Å². The highest BCUT2D eigenvalue weighted by Gasteiger charge is 2.26. The Kier molecular flexibility index (Phi) is 5.81. The highest BCUT2D eigenvalue weighted by Crippen LogP contribution is 2.32. The Balaban J connectivity index is 1.98. The van der Waals surface area contributed by atoms with E-state index in [1.165, 1.54) is 7.11 Å². The van der Waals surface area contributed by atoms with Crippen molar-refractivity contribution in [2.24, 2.45) is 0 Å². The van der Waals surface area contributed by atoms with E-state index in [-0.39, 0.29) is 22.7 Å². The van der Waals surface area contributed by atoms with Crippen LogP contribution in [0.3, 0.4) is 0 Å². The number of carbonyl (C=O) groups is 1. The van der Waals surface area contributed by atoms with Gasteiger partial charge in [-0.2, -0.15) is 4.37 Å². The first kappa shape index (κ1) is 20.7. The molecule has 2 aromatic heterocycles. The molecule has 31 heavy (non-hydrogen) atoms. The molecule has 0 radical (unpaired) electrons. The Morgan fingerprint density at radius 3 is 2.52 bits per heavy atom. The third kappa shape index (κ3) is 3.82. The summed E-state index contributed by atoms with van der Waals surface area (Å²) in [5, 5.41) is 0.176. The van der Waals surface area contributed by atoms with Gasteiger partial charge in [0, 0.05) is 6.04 Å². The summed E-state index contributed by atoms with van der Waals surface area (Å²) in [7, 11) is 2.84. The fourth-order valence-electron chi connectivity index (χ4n) is 3.63. The molecule has 0 saturated carbocycles. The van der Waals surface area contributed by atoms with E-state index in [1.807, 2.05) is 61.5 Å². The maximum Gasteiger partial charge on any atom is 0.358 e. The lowest BCUT2D eigenvalue weighted by Gasteiger charge is -2.20. The summed E-state index contributed by atoms with van der Waals surface area (Å²) < 4.78 is 16.1. The average molecular weight is 436 g/mol. The number of hydrogen-bond donors (Lipinski definition) is 0. The van der Waals surface area contributed by atoms with Crippen molar-refractivity contribution in [2.75, 3.05) is 14.2 Å². The van der Waals surface area contributed by atoms with E-state index in [1.54, 1.807) is 11.7 Å². The summed E-state index contributed by atoms with van der Waals surface area (Å²) in [5.41, 5.74) is 1.44. The van der Waals surface area contributed by atoms with Crippen LogP contribution in [0.15, 0.2) is 59.4 Å². The maximum absolute atomic E-state index is 13.7. The molecule has 4 rings (SSSR count). The number of hydrogen-bond acceptors (Lipinski definition) is 7. The topological polar surface area (TPSA) is 83.3 Å². The molecule has 2 heterocycles. The third-order valence-corrected chi connectivity index (χ3v) is 5.83. The molecule has 0 N–H and O–H groups in total. The van der Waals surface area contributed by atoms with Gasteiger partial charge in [-0.3, -0.25) is 9.36 Å². The van der Waals surface area contributed by atoms with E-state index in [9.17, 15) is 9.59 Å². The SMILES string of the molecule is COC(=O)c1nsc2nc(-c3ccccc3OC)n(C(C)Cc3ccccc3)c(=O)c12. The highest BCUT2D eigenvalue weighted by atomic mass is 32.1. The number of fused-ring (bicyclic) bond motifs is 1. The molecular formula is C23H21N3O4S. The molecule has 0 fully saturated rings. The summed E-state index contributed by atoms with van der Waals surface area (Å²) in [6.45, 7) is 1.96. The second-order valence-corrected chi connectivity index (χ2v) is 7.80. The molecule has 2 aromatic carbocycles. The first-order chi connectivity index (χ1) is 15.0. The van der Waals surface area contributed by atoms with Crippen LogP contribution in [0.5, 0.6) is 5.75 Å². The zero-order valence-electron chi connectivity index (χ0n) is 17.4. The van der Waals surface area contributed by atoms with Crippen LogP contribution >= 0.6 is 11.5 Å². The predicted octanol–water partition coefficient (Wildman–Crippen LogP) is 4.12. The summed E-state index contributed by atoms with van der Waals surface area (Å²) >= 11 is 1.00. The number of carbonyl (C=O) groups excluding carboxylic acids is 1. The Morgan fingerprint density at radius 1 is 1.10 bits per heavy atom. The van der Waals surface area contributed by atoms with Crippen molar-refractivity contribution in [1.29, 1.82) is 0 Å². The van der Waals surface area contributed by atoms with Gasteiger partial charge in [-0.15, -0.1) is 0 Å². The van der Waals surface area contributed by atoms with Crippen LogP contribution in [0, 0.1) is 0 Å². The normalized spacial score (nSPS) is 12.0. The van der Waals surface area contributed by atoms with Gasteiger partial charge in [0.15, 0.2) is 10.5 Å². The predicted molar refractivity (Wildman–Crippen MR) is 120 cm³/mol. The lowest BCUT2D eigenvalue weighted by Crippen LogP contribution is -2.28. The van der Waals surface area contributed by atoms with Gasteiger partial charge in [-0.25, -0.2) is 9.78 Å². The number of ether oxygens (including phenoxy) is 2. The van der Waals surface area contributed by atoms with E-state index in [0.29, 0.717) is 28.4 Å². The minimum atomic E-state index is -0.655. The zero-order valence-corrected chi connectivity index (χ0v) is 18.2. The van der Waals surface area contributed by atoms with Crippen molar-refractivity contribution in [2.45, 2.75) is 19.4 Å². The smallest absolute Gasteiger partial charge is 0.358 e. The molecule has 0 bridgehead atoms. The van der Waals surface area contributed by atoms with Gasteiger partial charge in [0.05, 0.1) is 19.8 Å². The number of benzene rings is 2. The minimum Gasteiger partial charge on any atom is -0.496 e. The molecule has 8 heteroatoms. The average Bonchev–Trinajstić information content (AvgIpc) is 3.23. The molecule has 0 saturated heterocycles. The van der Waals surface area contributed by atoms with Crippen molar-refractivity contribution in [3.8, 4) is 17.1 Å². The van der Waals surface area contributed by atoms with Crippen molar-refractivity contribution in [1.82, 2.24) is 13.9 Å². The summed E-state index contributed by atoms with van der Waals surface area (Å²) in [5.74, 6) is 0.419. The number of para-hydroxylation sites is 1. The number of rotatable bonds is 6. The molecule has 0 aliphatic heterocycles. The van der Waals surface area contributed by atoms with Crippen molar-refractivity contribution >= 4 is 27.7 Å². The quantitative estimate of drug-likeness (QED) is 0.424. The number of esters is 1. The molecule has 0 aliphatic carbocycles. The fourth-order valence-corrected chi connectivity index (χ4v) is 4.37. The molecule has 0 aliphatic rings. The van der Waals surface area contributed by atoms with E-state index >= 15 is 0 Å². The number of aromatic nitrogens is 3. The summed E-state index contributed by atoms with van der Waals surface area (Å²) in [6.07, 6.45) is 0.612. The first-order valence-electron chi connectivity index (χ1n) is 9.72. The van der Waals surface area contributed by atoms with Gasteiger partial charge in [-0.1, -0.05) is 42.5 Å². The lowest BCUT2D eigenvalue weighted by atomic mass is 10.1. The van der Waals surface area contributed by atoms with E-state index in [4.69, 9.17) is 14.5 Å². The van der Waals surface area contributed by atoms with Gasteiger partial charge in [0.25, 0.3) is 5.56 Å². The summed E-state index contributed by atoms with van der Waals surface area (Å²) in [4.78, 5) is 31.0. The Labute approximate surface area is 183 Å². The summed E-state index contributed by atoms with van der Waals surface area (Å²) in [6, 6.07) is 17.1. The van der Waals surface area contributed by atoms with Crippen LogP contribution in [-0.4, -0.2) is 34.1 Å². The monoisotopic (exact) mass is 435 g/mol. The minimum absolute atomic E-state index is 0.00719. The second kappa shape index (κ2) is 8.69. The zero-order chi connectivity index (χ0) is 22.0. The van der Waals surface area contributed by atoms with Crippen LogP contribution in [0.25, 0.3) is 21.6 Å². The van der Waals surface area contributed by atoms with Gasteiger partial charge in [0.1, 0.15) is 17.0 Å². The molecule has 0 amide bonds. The van der Waals surface area contributed by atoms with Crippen LogP contribution in [-0.2, 0) is 11.2 Å². The largest absolute Gasteiger partial charge is 0.496 e. The second-order valence-electron chi connectivity index (χ2n) is 7.05. The van der Waals surface area contributed by atoms with Crippen LogP contribution in [0.2, 0.25) is 0 Å². The van der Waals surface area contributed by atoms with Crippen molar-refractivity contribution in [3.05, 3.63) is 76.2 Å². The maximum atomic E-state index is 13.7. The van der Waals surface area contributed by atoms with Crippen molar-refractivity contribution in [3.63, 3.8) is 0 Å². The van der Waals surface area contributed by atoms with Gasteiger partial charge < -0.3 is 9.47 Å². The molecule has 7 nitrogen and oxygen atoms in total. The molecule has 1 atom stereocenters. The van der Waals surface area contributed by atoms with Crippen LogP contribution in [0.1, 0.15) is 29.0 Å². The van der Waals surface area contributed by atoms with Crippen LogP contribution < -0.4 is 10.3 Å². The number of nitrogens with zero attached hydrogens (tertiary/aromatic N) is 3. The highest BCUT2D eigenvalue weighted by molar-refractivity contribution is 7.13. The van der Waals surface area contributed by atoms with Gasteiger partial charge in [0.2, 0.25) is 0 Å². The fraction of sp³-hybridized carbons (Fsp3) is 0.217. The van der Waals surface area contributed by atoms with E-state index in [2.05, 4.69) is 4.37 Å².